The van der Waals surface area contributed by atoms with Crippen molar-refractivity contribution < 1.29 is 23.8 Å². The first-order valence-electron chi connectivity index (χ1n) is 7.48. The molecule has 0 saturated heterocycles. The van der Waals surface area contributed by atoms with Crippen LogP contribution in [0, 0.1) is 0 Å². The van der Waals surface area contributed by atoms with E-state index in [0.717, 1.165) is 5.56 Å². The third-order valence-electron chi connectivity index (χ3n) is 2.89. The van der Waals surface area contributed by atoms with E-state index in [1.54, 1.807) is 0 Å². The number of methoxy groups -OCH3 is 1. The van der Waals surface area contributed by atoms with Crippen molar-refractivity contribution in [3.05, 3.63) is 35.9 Å². The van der Waals surface area contributed by atoms with Crippen molar-refractivity contribution in [2.75, 3.05) is 13.7 Å². The second-order valence-corrected chi connectivity index (χ2v) is 6.11. The van der Waals surface area contributed by atoms with Gasteiger partial charge in [0, 0.05) is 0 Å². The van der Waals surface area contributed by atoms with Crippen LogP contribution in [0.3, 0.4) is 0 Å². The second kappa shape index (κ2) is 9.15. The minimum Gasteiger partial charge on any atom is -0.469 e. The largest absolute Gasteiger partial charge is 0.469 e. The van der Waals surface area contributed by atoms with Gasteiger partial charge in [-0.25, -0.2) is 4.79 Å². The lowest BCUT2D eigenvalue weighted by molar-refractivity contribution is -0.142. The average molecular weight is 323 g/mol. The number of ether oxygens (including phenoxy) is 3. The molecule has 128 valence electrons. The Kier molecular flexibility index (Phi) is 7.54. The maximum absolute atomic E-state index is 11.9. The molecule has 0 aliphatic carbocycles. The summed E-state index contributed by atoms with van der Waals surface area (Å²) >= 11 is 0. The molecule has 0 radical (unpaired) electrons. The molecule has 0 spiro atoms. The third kappa shape index (κ3) is 8.83. The highest BCUT2D eigenvalue weighted by molar-refractivity contribution is 5.72. The summed E-state index contributed by atoms with van der Waals surface area (Å²) in [5, 5.41) is 2.64. The van der Waals surface area contributed by atoms with Crippen LogP contribution in [0.25, 0.3) is 0 Å². The predicted molar refractivity (Wildman–Crippen MR) is 85.9 cm³/mol. The van der Waals surface area contributed by atoms with Crippen molar-refractivity contribution in [2.24, 2.45) is 0 Å². The van der Waals surface area contributed by atoms with Gasteiger partial charge in [-0.15, -0.1) is 0 Å². The molecule has 0 fully saturated rings. The van der Waals surface area contributed by atoms with Crippen LogP contribution in [-0.2, 0) is 25.6 Å². The van der Waals surface area contributed by atoms with Crippen molar-refractivity contribution in [3.8, 4) is 0 Å². The number of alkyl carbamates (subject to hydrolysis) is 1. The van der Waals surface area contributed by atoms with E-state index >= 15 is 0 Å². The van der Waals surface area contributed by atoms with Gasteiger partial charge in [0.15, 0.2) is 0 Å². The summed E-state index contributed by atoms with van der Waals surface area (Å²) in [6.07, 6.45) is -0.576. The van der Waals surface area contributed by atoms with Gasteiger partial charge in [0.25, 0.3) is 0 Å². The molecule has 0 unspecified atom stereocenters. The van der Waals surface area contributed by atoms with Crippen LogP contribution in [0.15, 0.2) is 30.3 Å². The molecule has 0 aliphatic heterocycles. The zero-order valence-corrected chi connectivity index (χ0v) is 14.1. The van der Waals surface area contributed by atoms with Gasteiger partial charge in [-0.1, -0.05) is 30.3 Å². The molecule has 0 aliphatic rings. The number of benzene rings is 1. The number of carbonyl (C=O) groups is 2. The molecule has 23 heavy (non-hydrogen) atoms. The zero-order valence-electron chi connectivity index (χ0n) is 14.1. The number of carbonyl (C=O) groups excluding carboxylic acids is 2. The summed E-state index contributed by atoms with van der Waals surface area (Å²) in [4.78, 5) is 23.3. The van der Waals surface area contributed by atoms with Gasteiger partial charge >= 0.3 is 12.1 Å². The number of hydrogen-bond donors (Lipinski definition) is 1. The smallest absolute Gasteiger partial charge is 0.407 e. The number of esters is 1. The monoisotopic (exact) mass is 323 g/mol. The van der Waals surface area contributed by atoms with Gasteiger partial charge in [0.2, 0.25) is 0 Å². The lowest BCUT2D eigenvalue weighted by atomic mass is 10.1. The first-order chi connectivity index (χ1) is 10.8. The van der Waals surface area contributed by atoms with Crippen LogP contribution in [0.1, 0.15) is 32.8 Å². The normalized spacial score (nSPS) is 12.3. The van der Waals surface area contributed by atoms with Crippen molar-refractivity contribution in [1.29, 1.82) is 0 Å². The van der Waals surface area contributed by atoms with E-state index in [4.69, 9.17) is 9.47 Å². The van der Waals surface area contributed by atoms with Gasteiger partial charge in [0.05, 0.1) is 31.8 Å². The zero-order chi connectivity index (χ0) is 17.3. The first-order valence-corrected chi connectivity index (χ1v) is 7.48. The molecule has 1 aromatic rings. The molecule has 6 heteroatoms. The summed E-state index contributed by atoms with van der Waals surface area (Å²) in [6, 6.07) is 8.84. The molecular formula is C17H25NO5. The Morgan fingerprint density at radius 1 is 1.17 bits per heavy atom. The van der Waals surface area contributed by atoms with Crippen LogP contribution in [0.2, 0.25) is 0 Å². The molecule has 1 N–H and O–H groups in total. The van der Waals surface area contributed by atoms with Gasteiger partial charge in [-0.05, 0) is 26.3 Å². The fourth-order valence-electron chi connectivity index (χ4n) is 1.72. The lowest BCUT2D eigenvalue weighted by Crippen LogP contribution is -2.42. The highest BCUT2D eigenvalue weighted by Crippen LogP contribution is 2.09. The summed E-state index contributed by atoms with van der Waals surface area (Å²) in [7, 11) is 1.30. The quantitative estimate of drug-likeness (QED) is 0.781. The van der Waals surface area contributed by atoms with Crippen LogP contribution >= 0.6 is 0 Å². The van der Waals surface area contributed by atoms with E-state index in [1.807, 2.05) is 51.1 Å². The molecule has 0 aromatic heterocycles. The second-order valence-electron chi connectivity index (χ2n) is 6.11. The Morgan fingerprint density at radius 2 is 1.83 bits per heavy atom. The van der Waals surface area contributed by atoms with Crippen molar-refractivity contribution in [2.45, 2.75) is 45.4 Å². The number of hydrogen-bond acceptors (Lipinski definition) is 5. The Balaban J connectivity index is 2.49. The fourth-order valence-corrected chi connectivity index (χ4v) is 1.72. The maximum atomic E-state index is 11.9. The highest BCUT2D eigenvalue weighted by atomic mass is 16.6. The summed E-state index contributed by atoms with van der Waals surface area (Å²) in [6.45, 7) is 6.05. The Labute approximate surface area is 137 Å². The van der Waals surface area contributed by atoms with E-state index in [9.17, 15) is 9.59 Å². The van der Waals surface area contributed by atoms with Gasteiger partial charge < -0.3 is 19.5 Å². The average Bonchev–Trinajstić information content (AvgIpc) is 2.50. The first kappa shape index (κ1) is 19.0. The van der Waals surface area contributed by atoms with E-state index in [0.29, 0.717) is 0 Å². The minimum atomic E-state index is -0.597. The van der Waals surface area contributed by atoms with Crippen LogP contribution < -0.4 is 5.32 Å². The van der Waals surface area contributed by atoms with Crippen molar-refractivity contribution in [3.63, 3.8) is 0 Å². The van der Waals surface area contributed by atoms with Crippen LogP contribution in [-0.4, -0.2) is 37.4 Å². The van der Waals surface area contributed by atoms with Crippen LogP contribution in [0.5, 0.6) is 0 Å². The third-order valence-corrected chi connectivity index (χ3v) is 2.89. The van der Waals surface area contributed by atoms with Gasteiger partial charge in [0.1, 0.15) is 6.61 Å². The molecule has 1 aromatic carbocycles. The summed E-state index contributed by atoms with van der Waals surface area (Å²) in [5.41, 5.74) is 0.516. The van der Waals surface area contributed by atoms with E-state index in [2.05, 4.69) is 10.1 Å². The fraction of sp³-hybridized carbons (Fsp3) is 0.529. The Morgan fingerprint density at radius 3 is 2.39 bits per heavy atom. The molecule has 1 amide bonds. The van der Waals surface area contributed by atoms with E-state index in [1.165, 1.54) is 7.11 Å². The Bertz CT molecular complexity index is 495. The lowest BCUT2D eigenvalue weighted by Gasteiger charge is -2.24. The van der Waals surface area contributed by atoms with Gasteiger partial charge in [-0.3, -0.25) is 4.79 Å². The van der Waals surface area contributed by atoms with Gasteiger partial charge in [-0.2, -0.15) is 0 Å². The summed E-state index contributed by atoms with van der Waals surface area (Å²) in [5.74, 6) is -0.420. The van der Waals surface area contributed by atoms with Crippen LogP contribution in [0.4, 0.5) is 4.79 Å². The molecule has 6 nitrogen and oxygen atoms in total. The number of nitrogens with one attached hydrogen (secondary N) is 1. The molecule has 1 atom stereocenters. The molecule has 1 rings (SSSR count). The SMILES string of the molecule is COC(=O)C[C@H](COC(C)(C)C)NC(=O)OCc1ccccc1. The van der Waals surface area contributed by atoms with E-state index in [-0.39, 0.29) is 25.2 Å². The predicted octanol–water partition coefficient (Wildman–Crippen LogP) is 2.66. The summed E-state index contributed by atoms with van der Waals surface area (Å²) < 4.78 is 15.4. The highest BCUT2D eigenvalue weighted by Gasteiger charge is 2.21. The number of rotatable bonds is 7. The molecule has 0 saturated carbocycles. The molecular weight excluding hydrogens is 298 g/mol. The Hall–Kier alpha value is -2.08. The number of amides is 1. The maximum Gasteiger partial charge on any atom is 0.407 e. The minimum absolute atomic E-state index is 0.0209. The van der Waals surface area contributed by atoms with Crippen molar-refractivity contribution in [1.82, 2.24) is 5.32 Å². The molecule has 0 heterocycles. The van der Waals surface area contributed by atoms with Crippen molar-refractivity contribution >= 4 is 12.1 Å². The molecule has 0 bridgehead atoms. The van der Waals surface area contributed by atoms with E-state index < -0.39 is 18.1 Å². The standard InChI is InChI=1S/C17H25NO5/c1-17(2,3)23-12-14(10-15(19)21-4)18-16(20)22-11-13-8-6-5-7-9-13/h5-9,14H,10-12H2,1-4H3,(H,18,20)/t14-/m1/s1. The topological polar surface area (TPSA) is 73.9 Å².